The third-order valence-electron chi connectivity index (χ3n) is 4.07. The fraction of sp³-hybridized carbons (Fsp3) is 0.438. The van der Waals surface area contributed by atoms with Gasteiger partial charge in [0.05, 0.1) is 11.5 Å². The third-order valence-corrected chi connectivity index (χ3v) is 4.07. The summed E-state index contributed by atoms with van der Waals surface area (Å²) in [6.07, 6.45) is 1.53. The maximum absolute atomic E-state index is 13.9. The molecular weight excluding hydrogens is 318 g/mol. The first kappa shape index (κ1) is 16.4. The van der Waals surface area contributed by atoms with Crippen LogP contribution in [0.1, 0.15) is 35.0 Å². The van der Waals surface area contributed by atoms with E-state index in [9.17, 15) is 13.6 Å². The van der Waals surface area contributed by atoms with Crippen molar-refractivity contribution in [2.45, 2.75) is 18.8 Å². The highest BCUT2D eigenvalue weighted by atomic mass is 19.2. The number of halogens is 2. The van der Waals surface area contributed by atoms with Crippen molar-refractivity contribution in [2.24, 2.45) is 0 Å². The van der Waals surface area contributed by atoms with Crippen molar-refractivity contribution in [2.75, 3.05) is 32.1 Å². The van der Waals surface area contributed by atoms with E-state index < -0.39 is 17.5 Å². The Balaban J connectivity index is 1.77. The second kappa shape index (κ2) is 6.54. The molecule has 2 heterocycles. The van der Waals surface area contributed by atoms with Crippen LogP contribution in [0.5, 0.6) is 0 Å². The first-order valence-electron chi connectivity index (χ1n) is 7.71. The van der Waals surface area contributed by atoms with E-state index in [4.69, 9.17) is 4.52 Å². The molecule has 24 heavy (non-hydrogen) atoms. The Labute approximate surface area is 138 Å². The molecule has 1 amide bonds. The molecule has 0 N–H and O–H groups in total. The maximum Gasteiger partial charge on any atom is 0.265 e. The van der Waals surface area contributed by atoms with E-state index in [1.807, 2.05) is 0 Å². The minimum absolute atomic E-state index is 0.111. The zero-order valence-electron chi connectivity index (χ0n) is 13.5. The van der Waals surface area contributed by atoms with Crippen molar-refractivity contribution in [1.29, 1.82) is 0 Å². The number of rotatable bonds is 3. The van der Waals surface area contributed by atoms with Gasteiger partial charge in [0, 0.05) is 27.2 Å². The Kier molecular flexibility index (Phi) is 4.46. The van der Waals surface area contributed by atoms with Crippen molar-refractivity contribution in [3.05, 3.63) is 41.3 Å². The van der Waals surface area contributed by atoms with E-state index in [0.717, 1.165) is 18.9 Å². The quantitative estimate of drug-likeness (QED) is 0.861. The Morgan fingerprint density at radius 2 is 2.17 bits per heavy atom. The molecule has 0 radical (unpaired) electrons. The Hall–Kier alpha value is -2.51. The number of aromatic nitrogens is 2. The Bertz CT molecular complexity index is 747. The topological polar surface area (TPSA) is 62.5 Å². The van der Waals surface area contributed by atoms with Gasteiger partial charge < -0.3 is 14.3 Å². The molecule has 6 nitrogen and oxygen atoms in total. The second-order valence-electron chi connectivity index (χ2n) is 6.02. The number of carbonyl (C=O) groups is 1. The van der Waals surface area contributed by atoms with Crippen LogP contribution in [-0.2, 0) is 0 Å². The molecule has 0 unspecified atom stereocenters. The van der Waals surface area contributed by atoms with Crippen LogP contribution in [-0.4, -0.2) is 48.1 Å². The lowest BCUT2D eigenvalue weighted by Crippen LogP contribution is -2.39. The molecule has 1 aliphatic heterocycles. The highest BCUT2D eigenvalue weighted by Crippen LogP contribution is 2.28. The lowest BCUT2D eigenvalue weighted by molar-refractivity contribution is 0.0690. The minimum atomic E-state index is -1.11. The first-order chi connectivity index (χ1) is 11.5. The van der Waals surface area contributed by atoms with Crippen LogP contribution in [0.25, 0.3) is 0 Å². The molecule has 1 aromatic heterocycles. The van der Waals surface area contributed by atoms with Gasteiger partial charge in [-0.3, -0.25) is 4.79 Å². The molecule has 8 heteroatoms. The van der Waals surface area contributed by atoms with E-state index in [0.29, 0.717) is 24.9 Å². The molecule has 1 fully saturated rings. The van der Waals surface area contributed by atoms with Crippen LogP contribution in [0.2, 0.25) is 0 Å². The molecule has 128 valence electrons. The largest absolute Gasteiger partial charge is 0.344 e. The molecule has 2 aromatic rings. The van der Waals surface area contributed by atoms with Crippen molar-refractivity contribution in [3.63, 3.8) is 0 Å². The zero-order chi connectivity index (χ0) is 17.3. The van der Waals surface area contributed by atoms with Gasteiger partial charge in [-0.1, -0.05) is 6.07 Å². The summed E-state index contributed by atoms with van der Waals surface area (Å²) in [7, 11) is 3.61. The predicted molar refractivity (Wildman–Crippen MR) is 82.9 cm³/mol. The summed E-state index contributed by atoms with van der Waals surface area (Å²) in [6.45, 7) is 0.823. The second-order valence-corrected chi connectivity index (χ2v) is 6.02. The van der Waals surface area contributed by atoms with Gasteiger partial charge in [0.15, 0.2) is 11.6 Å². The summed E-state index contributed by atoms with van der Waals surface area (Å²) < 4.78 is 32.5. The lowest BCUT2D eigenvalue weighted by Gasteiger charge is -2.31. The molecule has 1 aromatic carbocycles. The summed E-state index contributed by atoms with van der Waals surface area (Å²) in [5, 5.41) is 3.87. The molecule has 0 aliphatic carbocycles. The fourth-order valence-corrected chi connectivity index (χ4v) is 2.78. The summed E-state index contributed by atoms with van der Waals surface area (Å²) in [4.78, 5) is 20.0. The summed E-state index contributed by atoms with van der Waals surface area (Å²) >= 11 is 0. The number of anilines is 1. The summed E-state index contributed by atoms with van der Waals surface area (Å²) in [5.74, 6) is -1.86. The molecular formula is C16H18F2N4O2. The standard InChI is InChI=1S/C16H18F2N4O2/c1-21(2)16-19-14(24-20-16)10-5-4-8-22(9-10)15(23)11-6-3-7-12(17)13(11)18/h3,6-7,10H,4-5,8-9H2,1-2H3/t10-/m0/s1. The number of nitrogens with zero attached hydrogens (tertiary/aromatic N) is 4. The van der Waals surface area contributed by atoms with Gasteiger partial charge >= 0.3 is 0 Å². The average molecular weight is 336 g/mol. The third kappa shape index (κ3) is 3.08. The molecule has 0 saturated carbocycles. The van der Waals surface area contributed by atoms with Crippen LogP contribution in [0.4, 0.5) is 14.7 Å². The van der Waals surface area contributed by atoms with Crippen molar-refractivity contribution >= 4 is 11.9 Å². The molecule has 1 atom stereocenters. The van der Waals surface area contributed by atoms with Gasteiger partial charge in [-0.2, -0.15) is 4.98 Å². The highest BCUT2D eigenvalue weighted by molar-refractivity contribution is 5.94. The van der Waals surface area contributed by atoms with E-state index in [1.165, 1.54) is 17.0 Å². The SMILES string of the molecule is CN(C)c1noc([C@H]2CCCN(C(=O)c3cccc(F)c3F)C2)n1. The number of likely N-dealkylation sites (tertiary alicyclic amines) is 1. The van der Waals surface area contributed by atoms with E-state index >= 15 is 0 Å². The normalized spacial score (nSPS) is 17.8. The van der Waals surface area contributed by atoms with E-state index in [2.05, 4.69) is 10.1 Å². The van der Waals surface area contributed by atoms with Crippen LogP contribution < -0.4 is 4.90 Å². The number of carbonyl (C=O) groups excluding carboxylic acids is 1. The van der Waals surface area contributed by atoms with Crippen LogP contribution in [0.15, 0.2) is 22.7 Å². The zero-order valence-corrected chi connectivity index (χ0v) is 13.5. The van der Waals surface area contributed by atoms with Crippen molar-refractivity contribution in [1.82, 2.24) is 15.0 Å². The van der Waals surface area contributed by atoms with Crippen LogP contribution >= 0.6 is 0 Å². The Morgan fingerprint density at radius 1 is 1.38 bits per heavy atom. The van der Waals surface area contributed by atoms with Gasteiger partial charge in [-0.25, -0.2) is 8.78 Å². The number of benzene rings is 1. The lowest BCUT2D eigenvalue weighted by atomic mass is 9.97. The summed E-state index contributed by atoms with van der Waals surface area (Å²) in [5.41, 5.74) is -0.254. The monoisotopic (exact) mass is 336 g/mol. The van der Waals surface area contributed by atoms with Gasteiger partial charge in [-0.05, 0) is 30.1 Å². The molecule has 0 spiro atoms. The Morgan fingerprint density at radius 3 is 2.88 bits per heavy atom. The van der Waals surface area contributed by atoms with Gasteiger partial charge in [-0.15, -0.1) is 0 Å². The highest BCUT2D eigenvalue weighted by Gasteiger charge is 2.30. The molecule has 3 rings (SSSR count). The molecule has 1 saturated heterocycles. The fourth-order valence-electron chi connectivity index (χ4n) is 2.78. The van der Waals surface area contributed by atoms with Crippen molar-refractivity contribution < 1.29 is 18.1 Å². The minimum Gasteiger partial charge on any atom is -0.344 e. The van der Waals surface area contributed by atoms with Gasteiger partial charge in [0.1, 0.15) is 0 Å². The number of piperidine rings is 1. The van der Waals surface area contributed by atoms with Crippen LogP contribution in [0.3, 0.4) is 0 Å². The summed E-state index contributed by atoms with van der Waals surface area (Å²) in [6, 6.07) is 3.61. The van der Waals surface area contributed by atoms with Crippen molar-refractivity contribution in [3.8, 4) is 0 Å². The van der Waals surface area contributed by atoms with E-state index in [1.54, 1.807) is 19.0 Å². The number of amides is 1. The number of hydrogen-bond acceptors (Lipinski definition) is 5. The predicted octanol–water partition coefficient (Wildman–Crippen LogP) is 2.43. The number of hydrogen-bond donors (Lipinski definition) is 0. The first-order valence-corrected chi connectivity index (χ1v) is 7.71. The molecule has 1 aliphatic rings. The maximum atomic E-state index is 13.9. The van der Waals surface area contributed by atoms with Crippen LogP contribution in [0, 0.1) is 11.6 Å². The average Bonchev–Trinajstić information content (AvgIpc) is 3.07. The smallest absolute Gasteiger partial charge is 0.265 e. The van der Waals surface area contributed by atoms with Gasteiger partial charge in [0.25, 0.3) is 11.9 Å². The van der Waals surface area contributed by atoms with Gasteiger partial charge in [0.2, 0.25) is 5.89 Å². The van der Waals surface area contributed by atoms with E-state index in [-0.39, 0.29) is 11.5 Å². The molecule has 0 bridgehead atoms.